The average Bonchev–Trinajstić information content (AvgIpc) is 2.44. The molecule has 1 heterocycles. The zero-order valence-electron chi connectivity index (χ0n) is 12.8. The van der Waals surface area contributed by atoms with Gasteiger partial charge in [-0.15, -0.1) is 0 Å². The Morgan fingerprint density at radius 3 is 2.89 bits per heavy atom. The van der Waals surface area contributed by atoms with Gasteiger partial charge in [-0.2, -0.15) is 0 Å². The van der Waals surface area contributed by atoms with E-state index >= 15 is 0 Å². The summed E-state index contributed by atoms with van der Waals surface area (Å²) in [5.41, 5.74) is 0. The van der Waals surface area contributed by atoms with Gasteiger partial charge in [0, 0.05) is 39.5 Å². The molecule has 4 heteroatoms. The molecule has 1 saturated heterocycles. The minimum absolute atomic E-state index is 0.711. The fourth-order valence-electron chi connectivity index (χ4n) is 2.62. The second-order valence-electron chi connectivity index (χ2n) is 5.35. The highest BCUT2D eigenvalue weighted by atomic mass is 16.5. The van der Waals surface area contributed by atoms with Gasteiger partial charge in [0.25, 0.3) is 0 Å². The quantitative estimate of drug-likeness (QED) is 0.582. The minimum Gasteiger partial charge on any atom is -0.385 e. The van der Waals surface area contributed by atoms with Crippen molar-refractivity contribution in [2.75, 3.05) is 53.1 Å². The van der Waals surface area contributed by atoms with Crippen molar-refractivity contribution in [2.24, 2.45) is 0 Å². The molecule has 1 aliphatic heterocycles. The molecular weight excluding hydrogens is 240 g/mol. The van der Waals surface area contributed by atoms with Gasteiger partial charge in [-0.05, 0) is 38.8 Å². The minimum atomic E-state index is 0.711. The maximum Gasteiger partial charge on any atom is 0.0593 e. The largest absolute Gasteiger partial charge is 0.385 e. The summed E-state index contributed by atoms with van der Waals surface area (Å²) in [6.07, 6.45) is 6.27. The molecule has 0 radical (unpaired) electrons. The third-order valence-corrected chi connectivity index (χ3v) is 3.72. The maximum atomic E-state index is 5.67. The third kappa shape index (κ3) is 7.88. The van der Waals surface area contributed by atoms with E-state index in [9.17, 15) is 0 Å². The lowest BCUT2D eigenvalue weighted by molar-refractivity contribution is 0.0610. The lowest BCUT2D eigenvalue weighted by atomic mass is 10.0. The highest BCUT2D eigenvalue weighted by Crippen LogP contribution is 2.15. The molecule has 0 aromatic carbocycles. The molecule has 0 bridgehead atoms. The summed E-state index contributed by atoms with van der Waals surface area (Å²) in [5.74, 6) is 0. The molecule has 1 aliphatic rings. The van der Waals surface area contributed by atoms with Crippen molar-refractivity contribution in [3.63, 3.8) is 0 Å². The lowest BCUT2D eigenvalue weighted by Crippen LogP contribution is -2.46. The Morgan fingerprint density at radius 2 is 2.11 bits per heavy atom. The first-order valence-corrected chi connectivity index (χ1v) is 7.90. The van der Waals surface area contributed by atoms with Crippen LogP contribution in [0.5, 0.6) is 0 Å². The SMILES string of the molecule is CCCNCC1CCCCN1CCOCCCOC. The Hall–Kier alpha value is -0.160. The van der Waals surface area contributed by atoms with Crippen LogP contribution in [-0.4, -0.2) is 64.1 Å². The lowest BCUT2D eigenvalue weighted by Gasteiger charge is -2.35. The van der Waals surface area contributed by atoms with Crippen LogP contribution >= 0.6 is 0 Å². The molecule has 19 heavy (non-hydrogen) atoms. The Kier molecular flexibility index (Phi) is 10.4. The summed E-state index contributed by atoms with van der Waals surface area (Å²) in [7, 11) is 1.74. The van der Waals surface area contributed by atoms with E-state index in [1.54, 1.807) is 7.11 Å². The van der Waals surface area contributed by atoms with Crippen molar-refractivity contribution in [2.45, 2.75) is 45.1 Å². The monoisotopic (exact) mass is 272 g/mol. The van der Waals surface area contributed by atoms with E-state index in [-0.39, 0.29) is 0 Å². The molecule has 0 saturated carbocycles. The highest BCUT2D eigenvalue weighted by Gasteiger charge is 2.21. The predicted molar refractivity (Wildman–Crippen MR) is 79.7 cm³/mol. The van der Waals surface area contributed by atoms with Crippen molar-refractivity contribution >= 4 is 0 Å². The number of nitrogens with zero attached hydrogens (tertiary/aromatic N) is 1. The summed E-state index contributed by atoms with van der Waals surface area (Å²) in [6, 6.07) is 0.711. The molecule has 114 valence electrons. The van der Waals surface area contributed by atoms with Crippen molar-refractivity contribution in [1.29, 1.82) is 0 Å². The second-order valence-corrected chi connectivity index (χ2v) is 5.35. The first kappa shape index (κ1) is 16.9. The topological polar surface area (TPSA) is 33.7 Å². The Bertz CT molecular complexity index is 203. The maximum absolute atomic E-state index is 5.67. The van der Waals surface area contributed by atoms with Crippen LogP contribution < -0.4 is 5.32 Å². The van der Waals surface area contributed by atoms with Crippen LogP contribution in [0.1, 0.15) is 39.0 Å². The molecule has 1 fully saturated rings. The summed E-state index contributed by atoms with van der Waals surface area (Å²) < 4.78 is 10.7. The van der Waals surface area contributed by atoms with E-state index in [4.69, 9.17) is 9.47 Å². The second kappa shape index (κ2) is 11.6. The van der Waals surface area contributed by atoms with Gasteiger partial charge in [-0.3, -0.25) is 4.90 Å². The molecule has 1 rings (SSSR count). The summed E-state index contributed by atoms with van der Waals surface area (Å²) in [4.78, 5) is 2.60. The number of methoxy groups -OCH3 is 1. The number of piperidine rings is 1. The molecule has 0 aromatic rings. The predicted octanol–water partition coefficient (Wildman–Crippen LogP) is 1.89. The van der Waals surface area contributed by atoms with E-state index in [0.717, 1.165) is 45.9 Å². The average molecular weight is 272 g/mol. The smallest absolute Gasteiger partial charge is 0.0593 e. The van der Waals surface area contributed by atoms with E-state index in [2.05, 4.69) is 17.1 Å². The number of hydrogen-bond donors (Lipinski definition) is 1. The van der Waals surface area contributed by atoms with E-state index < -0.39 is 0 Å². The molecule has 1 atom stereocenters. The van der Waals surface area contributed by atoms with Crippen LogP contribution in [0, 0.1) is 0 Å². The van der Waals surface area contributed by atoms with Gasteiger partial charge in [0.05, 0.1) is 6.61 Å². The van der Waals surface area contributed by atoms with Crippen LogP contribution in [0.15, 0.2) is 0 Å². The summed E-state index contributed by atoms with van der Waals surface area (Å²) in [6.45, 7) is 9.28. The Balaban J connectivity index is 2.09. The van der Waals surface area contributed by atoms with Gasteiger partial charge >= 0.3 is 0 Å². The van der Waals surface area contributed by atoms with Crippen LogP contribution in [0.4, 0.5) is 0 Å². The van der Waals surface area contributed by atoms with E-state index in [1.165, 1.54) is 32.2 Å². The van der Waals surface area contributed by atoms with Gasteiger partial charge in [0.15, 0.2) is 0 Å². The van der Waals surface area contributed by atoms with Gasteiger partial charge in [0.1, 0.15) is 0 Å². The van der Waals surface area contributed by atoms with Crippen LogP contribution in [0.3, 0.4) is 0 Å². The first-order chi connectivity index (χ1) is 9.38. The number of rotatable bonds is 11. The van der Waals surface area contributed by atoms with Gasteiger partial charge < -0.3 is 14.8 Å². The Labute approximate surface area is 118 Å². The molecule has 0 amide bonds. The molecule has 1 N–H and O–H groups in total. The zero-order valence-corrected chi connectivity index (χ0v) is 12.8. The van der Waals surface area contributed by atoms with Crippen LogP contribution in [0.2, 0.25) is 0 Å². The van der Waals surface area contributed by atoms with Gasteiger partial charge in [-0.1, -0.05) is 13.3 Å². The van der Waals surface area contributed by atoms with E-state index in [0.29, 0.717) is 6.04 Å². The zero-order chi connectivity index (χ0) is 13.8. The molecule has 0 aromatic heterocycles. The van der Waals surface area contributed by atoms with Crippen LogP contribution in [-0.2, 0) is 9.47 Å². The normalized spacial score (nSPS) is 20.8. The highest BCUT2D eigenvalue weighted by molar-refractivity contribution is 4.78. The Morgan fingerprint density at radius 1 is 1.21 bits per heavy atom. The summed E-state index contributed by atoms with van der Waals surface area (Å²) in [5, 5.41) is 3.55. The third-order valence-electron chi connectivity index (χ3n) is 3.72. The van der Waals surface area contributed by atoms with E-state index in [1.807, 2.05) is 0 Å². The molecule has 1 unspecified atom stereocenters. The molecule has 0 aliphatic carbocycles. The fraction of sp³-hybridized carbons (Fsp3) is 1.00. The van der Waals surface area contributed by atoms with Crippen molar-refractivity contribution in [1.82, 2.24) is 10.2 Å². The van der Waals surface area contributed by atoms with Gasteiger partial charge in [0.2, 0.25) is 0 Å². The fourth-order valence-corrected chi connectivity index (χ4v) is 2.62. The standard InChI is InChI=1S/C15H32N2O2/c1-3-8-16-14-15-7-4-5-9-17(15)10-13-19-12-6-11-18-2/h15-16H,3-14H2,1-2H3. The number of ether oxygens (including phenoxy) is 2. The molecule has 4 nitrogen and oxygen atoms in total. The van der Waals surface area contributed by atoms with Crippen LogP contribution in [0.25, 0.3) is 0 Å². The summed E-state index contributed by atoms with van der Waals surface area (Å²) >= 11 is 0. The van der Waals surface area contributed by atoms with Crippen molar-refractivity contribution < 1.29 is 9.47 Å². The van der Waals surface area contributed by atoms with Crippen molar-refractivity contribution in [3.8, 4) is 0 Å². The molecule has 0 spiro atoms. The first-order valence-electron chi connectivity index (χ1n) is 7.90. The van der Waals surface area contributed by atoms with Crippen molar-refractivity contribution in [3.05, 3.63) is 0 Å². The number of hydrogen-bond acceptors (Lipinski definition) is 4. The van der Waals surface area contributed by atoms with Gasteiger partial charge in [-0.25, -0.2) is 0 Å². The number of likely N-dealkylation sites (tertiary alicyclic amines) is 1. The number of nitrogens with one attached hydrogen (secondary N) is 1. The molecular formula is C15H32N2O2.